The molecule has 0 amide bonds. The van der Waals surface area contributed by atoms with Gasteiger partial charge in [-0.2, -0.15) is 0 Å². The topological polar surface area (TPSA) is 3.24 Å². The van der Waals surface area contributed by atoms with E-state index in [0.717, 1.165) is 17.1 Å². The van der Waals surface area contributed by atoms with Crippen LogP contribution in [0, 0.1) is 0 Å². The third kappa shape index (κ3) is 5.63. The van der Waals surface area contributed by atoms with Crippen molar-refractivity contribution in [2.75, 3.05) is 4.90 Å². The van der Waals surface area contributed by atoms with E-state index in [4.69, 9.17) is 0 Å². The van der Waals surface area contributed by atoms with Gasteiger partial charge in [0.2, 0.25) is 0 Å². The molecule has 0 aliphatic heterocycles. The van der Waals surface area contributed by atoms with Crippen molar-refractivity contribution in [1.29, 1.82) is 0 Å². The maximum atomic E-state index is 2.49. The van der Waals surface area contributed by atoms with Crippen LogP contribution < -0.4 is 4.90 Å². The van der Waals surface area contributed by atoms with Crippen LogP contribution in [-0.4, -0.2) is 0 Å². The minimum absolute atomic E-state index is 0.135. The summed E-state index contributed by atoms with van der Waals surface area (Å²) in [4.78, 5) is 2.49. The van der Waals surface area contributed by atoms with Crippen molar-refractivity contribution in [2.45, 2.75) is 19.3 Å². The fourth-order valence-electron chi connectivity index (χ4n) is 8.96. The molecular weight excluding hydrogens is 675 g/mol. The van der Waals surface area contributed by atoms with Gasteiger partial charge in [-0.3, -0.25) is 0 Å². The SMILES string of the molecule is CC1(C)c2ccccc2-c2ccc(N(c3ccccc3-c3ccccc3)c3ccc(-c4cccc5cccc(-c6ccccc6)c45)cc3-c3ccccc3)cc21. The van der Waals surface area contributed by atoms with Gasteiger partial charge in [0, 0.05) is 22.2 Å². The quantitative estimate of drug-likeness (QED) is 0.159. The normalized spacial score (nSPS) is 12.6. The molecule has 1 aliphatic rings. The van der Waals surface area contributed by atoms with Crippen molar-refractivity contribution < 1.29 is 0 Å². The van der Waals surface area contributed by atoms with E-state index in [1.54, 1.807) is 0 Å². The Bertz CT molecular complexity index is 2860. The molecule has 1 heteroatoms. The lowest BCUT2D eigenvalue weighted by Crippen LogP contribution is -2.17. The second-order valence-corrected chi connectivity index (χ2v) is 15.3. The minimum atomic E-state index is -0.135. The van der Waals surface area contributed by atoms with Crippen LogP contribution >= 0.6 is 0 Å². The molecule has 10 rings (SSSR count). The van der Waals surface area contributed by atoms with E-state index in [0.29, 0.717) is 0 Å². The van der Waals surface area contributed by atoms with Gasteiger partial charge >= 0.3 is 0 Å². The second kappa shape index (κ2) is 13.7. The van der Waals surface area contributed by atoms with Crippen LogP contribution in [0.5, 0.6) is 0 Å². The Balaban J connectivity index is 1.24. The molecule has 0 saturated heterocycles. The summed E-state index contributed by atoms with van der Waals surface area (Å²) in [5.41, 5.74) is 18.2. The van der Waals surface area contributed by atoms with Crippen LogP contribution in [0.15, 0.2) is 212 Å². The largest absolute Gasteiger partial charge is 0.309 e. The van der Waals surface area contributed by atoms with Crippen LogP contribution in [-0.2, 0) is 5.41 Å². The average Bonchev–Trinajstić information content (AvgIpc) is 3.50. The molecule has 0 saturated carbocycles. The molecule has 0 unspecified atom stereocenters. The van der Waals surface area contributed by atoms with Gasteiger partial charge < -0.3 is 4.90 Å². The van der Waals surface area contributed by atoms with Crippen molar-refractivity contribution in [1.82, 2.24) is 0 Å². The van der Waals surface area contributed by atoms with Crippen molar-refractivity contribution in [3.8, 4) is 55.6 Å². The van der Waals surface area contributed by atoms with E-state index < -0.39 is 0 Å². The summed E-state index contributed by atoms with van der Waals surface area (Å²) in [7, 11) is 0. The number of hydrogen-bond donors (Lipinski definition) is 0. The summed E-state index contributed by atoms with van der Waals surface area (Å²) in [6.07, 6.45) is 0. The Morgan fingerprint density at radius 2 is 0.821 bits per heavy atom. The first-order chi connectivity index (χ1) is 27.6. The Morgan fingerprint density at radius 1 is 0.321 bits per heavy atom. The highest BCUT2D eigenvalue weighted by atomic mass is 15.1. The van der Waals surface area contributed by atoms with Gasteiger partial charge in [0.15, 0.2) is 0 Å². The van der Waals surface area contributed by atoms with Crippen LogP contribution in [0.25, 0.3) is 66.4 Å². The van der Waals surface area contributed by atoms with Crippen molar-refractivity contribution in [2.24, 2.45) is 0 Å². The number of rotatable bonds is 7. The van der Waals surface area contributed by atoms with Crippen LogP contribution in [0.2, 0.25) is 0 Å². The molecule has 0 heterocycles. The summed E-state index contributed by atoms with van der Waals surface area (Å²) >= 11 is 0. The maximum absolute atomic E-state index is 2.49. The summed E-state index contributed by atoms with van der Waals surface area (Å²) < 4.78 is 0. The number of nitrogens with zero attached hydrogens (tertiary/aromatic N) is 1. The lowest BCUT2D eigenvalue weighted by atomic mass is 9.82. The zero-order valence-electron chi connectivity index (χ0n) is 31.7. The number of para-hydroxylation sites is 1. The molecule has 0 N–H and O–H groups in total. The first-order valence-corrected chi connectivity index (χ1v) is 19.5. The van der Waals surface area contributed by atoms with Crippen LogP contribution in [0.3, 0.4) is 0 Å². The summed E-state index contributed by atoms with van der Waals surface area (Å²) in [5, 5.41) is 2.49. The minimum Gasteiger partial charge on any atom is -0.309 e. The first kappa shape index (κ1) is 33.6. The highest BCUT2D eigenvalue weighted by molar-refractivity contribution is 6.07. The van der Waals surface area contributed by atoms with Crippen LogP contribution in [0.4, 0.5) is 17.1 Å². The molecule has 0 radical (unpaired) electrons. The molecule has 1 aliphatic carbocycles. The van der Waals surface area contributed by atoms with E-state index in [2.05, 4.69) is 231 Å². The molecule has 0 fully saturated rings. The first-order valence-electron chi connectivity index (χ1n) is 19.5. The van der Waals surface area contributed by atoms with Crippen molar-refractivity contribution in [3.05, 3.63) is 223 Å². The smallest absolute Gasteiger partial charge is 0.0540 e. The number of anilines is 3. The van der Waals surface area contributed by atoms with Gasteiger partial charge in [0.05, 0.1) is 11.4 Å². The number of hydrogen-bond acceptors (Lipinski definition) is 1. The fourth-order valence-corrected chi connectivity index (χ4v) is 8.96. The Morgan fingerprint density at radius 3 is 1.50 bits per heavy atom. The van der Waals surface area contributed by atoms with Crippen LogP contribution in [0.1, 0.15) is 25.0 Å². The van der Waals surface area contributed by atoms with Gasteiger partial charge in [-0.15, -0.1) is 0 Å². The van der Waals surface area contributed by atoms with Gasteiger partial charge in [0.1, 0.15) is 0 Å². The number of fused-ring (bicyclic) bond motifs is 4. The van der Waals surface area contributed by atoms with E-state index in [9.17, 15) is 0 Å². The maximum Gasteiger partial charge on any atom is 0.0540 e. The Labute approximate surface area is 329 Å². The molecule has 0 spiro atoms. The molecule has 266 valence electrons. The summed E-state index contributed by atoms with van der Waals surface area (Å²) in [6, 6.07) is 77.7. The summed E-state index contributed by atoms with van der Waals surface area (Å²) in [5.74, 6) is 0. The van der Waals surface area contributed by atoms with E-state index in [-0.39, 0.29) is 5.41 Å². The predicted octanol–water partition coefficient (Wildman–Crippen LogP) is 15.3. The molecule has 1 nitrogen and oxygen atoms in total. The highest BCUT2D eigenvalue weighted by Crippen LogP contribution is 2.52. The highest BCUT2D eigenvalue weighted by Gasteiger charge is 2.36. The molecule has 0 aromatic heterocycles. The monoisotopic (exact) mass is 715 g/mol. The molecule has 56 heavy (non-hydrogen) atoms. The standard InChI is InChI=1S/C55H41N/c1-55(2)50-30-14-12-27-47(50)48-34-33-43(37-51(48)55)56(52-31-15-13-26-44(52)38-18-6-3-7-19-38)53-35-32-42(36-49(53)40-22-10-5-11-23-40)46-29-17-25-41-24-16-28-45(54(41)46)39-20-8-4-9-21-39/h3-37H,1-2H3. The molecular formula is C55H41N. The Kier molecular flexibility index (Phi) is 8.23. The summed E-state index contributed by atoms with van der Waals surface area (Å²) in [6.45, 7) is 4.73. The Hall–Kier alpha value is -6.96. The zero-order valence-corrected chi connectivity index (χ0v) is 31.7. The molecule has 9 aromatic carbocycles. The van der Waals surface area contributed by atoms with Gasteiger partial charge in [-0.25, -0.2) is 0 Å². The van der Waals surface area contributed by atoms with Crippen molar-refractivity contribution >= 4 is 27.8 Å². The van der Waals surface area contributed by atoms with Gasteiger partial charge in [-0.1, -0.05) is 196 Å². The lowest BCUT2D eigenvalue weighted by molar-refractivity contribution is 0.660. The third-order valence-corrected chi connectivity index (χ3v) is 11.7. The van der Waals surface area contributed by atoms with E-state index >= 15 is 0 Å². The third-order valence-electron chi connectivity index (χ3n) is 11.7. The zero-order chi connectivity index (χ0) is 37.6. The lowest BCUT2D eigenvalue weighted by Gasteiger charge is -2.31. The second-order valence-electron chi connectivity index (χ2n) is 15.3. The molecule has 9 aromatic rings. The van der Waals surface area contributed by atoms with Gasteiger partial charge in [-0.05, 0) is 96.7 Å². The van der Waals surface area contributed by atoms with E-state index in [1.807, 2.05) is 0 Å². The average molecular weight is 716 g/mol. The van der Waals surface area contributed by atoms with E-state index in [1.165, 1.54) is 77.5 Å². The van der Waals surface area contributed by atoms with Crippen molar-refractivity contribution in [3.63, 3.8) is 0 Å². The fraction of sp³-hybridized carbons (Fsp3) is 0.0545. The number of benzene rings is 9. The predicted molar refractivity (Wildman–Crippen MR) is 238 cm³/mol. The molecule has 0 bridgehead atoms. The van der Waals surface area contributed by atoms with Gasteiger partial charge in [0.25, 0.3) is 0 Å². The molecule has 0 atom stereocenters.